The normalized spacial score (nSPS) is 12.3. The van der Waals surface area contributed by atoms with Crippen molar-refractivity contribution >= 4 is 26.5 Å². The van der Waals surface area contributed by atoms with E-state index >= 15 is 0 Å². The zero-order chi connectivity index (χ0) is 17.2. The van der Waals surface area contributed by atoms with Crippen molar-refractivity contribution in [3.63, 3.8) is 0 Å². The molecule has 0 atom stereocenters. The van der Waals surface area contributed by atoms with Gasteiger partial charge in [0.15, 0.2) is 0 Å². The molecule has 2 N–H and O–H groups in total. The molecule has 5 nitrogen and oxygen atoms in total. The molecule has 0 aliphatic heterocycles. The average molecular weight is 340 g/mol. The van der Waals surface area contributed by atoms with Gasteiger partial charge in [0.05, 0.1) is 10.6 Å². The molecule has 0 unspecified atom stereocenters. The summed E-state index contributed by atoms with van der Waals surface area (Å²) in [7, 11) is -3.76. The summed E-state index contributed by atoms with van der Waals surface area (Å²) in [6.45, 7) is 1.66. The van der Waals surface area contributed by atoms with Gasteiger partial charge < -0.3 is 5.11 Å². The molecule has 0 aromatic heterocycles. The van der Waals surface area contributed by atoms with Crippen LogP contribution in [0, 0.1) is 0 Å². The lowest BCUT2D eigenvalue weighted by Crippen LogP contribution is -2.19. The minimum atomic E-state index is -3.76. The highest BCUT2D eigenvalue weighted by Crippen LogP contribution is 2.19. The van der Waals surface area contributed by atoms with Crippen LogP contribution in [0.4, 0.5) is 0 Å². The van der Waals surface area contributed by atoms with Crippen LogP contribution >= 0.6 is 0 Å². The number of hydrazone groups is 1. The van der Waals surface area contributed by atoms with Crippen molar-refractivity contribution in [3.05, 3.63) is 72.3 Å². The Bertz CT molecular complexity index is 1030. The fourth-order valence-electron chi connectivity index (χ4n) is 2.31. The molecule has 3 aromatic rings. The van der Waals surface area contributed by atoms with E-state index in [0.29, 0.717) is 11.3 Å². The molecule has 3 rings (SSSR count). The second-order valence-corrected chi connectivity index (χ2v) is 7.01. The number of hydrogen-bond donors (Lipinski definition) is 2. The van der Waals surface area contributed by atoms with Gasteiger partial charge in [-0.05, 0) is 42.0 Å². The number of fused-ring (bicyclic) bond motifs is 1. The van der Waals surface area contributed by atoms with Crippen molar-refractivity contribution in [2.75, 3.05) is 0 Å². The lowest BCUT2D eigenvalue weighted by molar-refractivity contribution is 0.475. The first-order chi connectivity index (χ1) is 11.5. The summed E-state index contributed by atoms with van der Waals surface area (Å²) >= 11 is 0. The Balaban J connectivity index is 1.88. The molecule has 0 fully saturated rings. The van der Waals surface area contributed by atoms with E-state index in [4.69, 9.17) is 0 Å². The average Bonchev–Trinajstić information content (AvgIpc) is 2.59. The van der Waals surface area contributed by atoms with Crippen LogP contribution in [0.1, 0.15) is 12.5 Å². The third-order valence-electron chi connectivity index (χ3n) is 3.63. The van der Waals surface area contributed by atoms with Gasteiger partial charge >= 0.3 is 0 Å². The van der Waals surface area contributed by atoms with Crippen LogP contribution in [-0.4, -0.2) is 19.2 Å². The maximum atomic E-state index is 12.4. The van der Waals surface area contributed by atoms with Crippen molar-refractivity contribution in [2.24, 2.45) is 5.10 Å². The molecule has 0 saturated heterocycles. The maximum Gasteiger partial charge on any atom is 0.276 e. The van der Waals surface area contributed by atoms with Crippen molar-refractivity contribution < 1.29 is 13.5 Å². The van der Waals surface area contributed by atoms with Gasteiger partial charge in [0, 0.05) is 5.56 Å². The topological polar surface area (TPSA) is 78.8 Å². The summed E-state index contributed by atoms with van der Waals surface area (Å²) in [4.78, 5) is 2.38. The van der Waals surface area contributed by atoms with Gasteiger partial charge in [-0.2, -0.15) is 18.4 Å². The van der Waals surface area contributed by atoms with E-state index in [0.717, 1.165) is 10.8 Å². The first-order valence-corrected chi connectivity index (χ1v) is 8.78. The van der Waals surface area contributed by atoms with E-state index in [-0.39, 0.29) is 10.6 Å². The number of rotatable bonds is 4. The Labute approximate surface area is 140 Å². The Kier molecular flexibility index (Phi) is 4.22. The van der Waals surface area contributed by atoms with Crippen LogP contribution in [-0.2, 0) is 10.0 Å². The second-order valence-electron chi connectivity index (χ2n) is 5.35. The van der Waals surface area contributed by atoms with Gasteiger partial charge in [-0.15, -0.1) is 0 Å². The zero-order valence-corrected chi connectivity index (χ0v) is 13.8. The van der Waals surface area contributed by atoms with Crippen LogP contribution in [0.2, 0.25) is 0 Å². The molecule has 0 aliphatic carbocycles. The molecule has 24 heavy (non-hydrogen) atoms. The number of nitrogens with one attached hydrogen (secondary N) is 1. The van der Waals surface area contributed by atoms with Gasteiger partial charge in [0.25, 0.3) is 10.0 Å². The summed E-state index contributed by atoms with van der Waals surface area (Å²) in [5, 5.41) is 15.2. The van der Waals surface area contributed by atoms with Gasteiger partial charge in [0.1, 0.15) is 5.75 Å². The van der Waals surface area contributed by atoms with Crippen molar-refractivity contribution in [1.29, 1.82) is 0 Å². The SMILES string of the molecule is C/C(=N/NS(=O)(=O)c1ccc2ccccc2c1)c1cccc(O)c1. The summed E-state index contributed by atoms with van der Waals surface area (Å²) in [6, 6.07) is 18.9. The second kappa shape index (κ2) is 6.33. The molecule has 0 bridgehead atoms. The molecule has 6 heteroatoms. The zero-order valence-electron chi connectivity index (χ0n) is 13.0. The molecular weight excluding hydrogens is 324 g/mol. The summed E-state index contributed by atoms with van der Waals surface area (Å²) < 4.78 is 24.8. The summed E-state index contributed by atoms with van der Waals surface area (Å²) in [5.74, 6) is 0.0967. The van der Waals surface area contributed by atoms with E-state index in [2.05, 4.69) is 9.93 Å². The fraction of sp³-hybridized carbons (Fsp3) is 0.0556. The number of nitrogens with zero attached hydrogens (tertiary/aromatic N) is 1. The Hall–Kier alpha value is -2.86. The van der Waals surface area contributed by atoms with Gasteiger partial charge in [-0.1, -0.05) is 42.5 Å². The first-order valence-electron chi connectivity index (χ1n) is 7.30. The Morgan fingerprint density at radius 3 is 2.46 bits per heavy atom. The van der Waals surface area contributed by atoms with Crippen LogP contribution in [0.25, 0.3) is 10.8 Å². The van der Waals surface area contributed by atoms with Crippen molar-refractivity contribution in [1.82, 2.24) is 4.83 Å². The molecule has 0 amide bonds. The lowest BCUT2D eigenvalue weighted by Gasteiger charge is -2.07. The van der Waals surface area contributed by atoms with E-state index in [1.807, 2.05) is 24.3 Å². The smallest absolute Gasteiger partial charge is 0.276 e. The number of benzene rings is 3. The largest absolute Gasteiger partial charge is 0.508 e. The molecule has 3 aromatic carbocycles. The molecule has 0 radical (unpaired) electrons. The van der Waals surface area contributed by atoms with Gasteiger partial charge in [-0.25, -0.2) is 0 Å². The standard InChI is InChI=1S/C18H16N2O3S/c1-13(15-7-4-8-17(21)11-15)19-20-24(22,23)18-10-9-14-5-2-3-6-16(14)12-18/h2-12,20-21H,1H3/b19-13-. The predicted octanol–water partition coefficient (Wildman–Crippen LogP) is 3.25. The van der Waals surface area contributed by atoms with E-state index < -0.39 is 10.0 Å². The van der Waals surface area contributed by atoms with Crippen LogP contribution < -0.4 is 4.83 Å². The van der Waals surface area contributed by atoms with Crippen molar-refractivity contribution in [2.45, 2.75) is 11.8 Å². The van der Waals surface area contributed by atoms with Crippen LogP contribution in [0.3, 0.4) is 0 Å². The molecule has 0 spiro atoms. The molecule has 0 saturated carbocycles. The third-order valence-corrected chi connectivity index (χ3v) is 4.83. The summed E-state index contributed by atoms with van der Waals surface area (Å²) in [5.41, 5.74) is 1.09. The highest BCUT2D eigenvalue weighted by molar-refractivity contribution is 7.89. The highest BCUT2D eigenvalue weighted by Gasteiger charge is 2.13. The molecule has 122 valence electrons. The fourth-order valence-corrected chi connectivity index (χ4v) is 3.20. The van der Waals surface area contributed by atoms with E-state index in [1.54, 1.807) is 37.3 Å². The maximum absolute atomic E-state index is 12.4. The Morgan fingerprint density at radius 2 is 1.71 bits per heavy atom. The third kappa shape index (κ3) is 3.38. The quantitative estimate of drug-likeness (QED) is 0.565. The number of aromatic hydroxyl groups is 1. The van der Waals surface area contributed by atoms with E-state index in [9.17, 15) is 13.5 Å². The first kappa shape index (κ1) is 16.0. The van der Waals surface area contributed by atoms with Crippen LogP contribution in [0.5, 0.6) is 5.75 Å². The monoisotopic (exact) mass is 340 g/mol. The number of phenols is 1. The lowest BCUT2D eigenvalue weighted by atomic mass is 10.1. The minimum Gasteiger partial charge on any atom is -0.508 e. The number of hydrogen-bond acceptors (Lipinski definition) is 4. The number of phenolic OH excluding ortho intramolecular Hbond substituents is 1. The van der Waals surface area contributed by atoms with Gasteiger partial charge in [0.2, 0.25) is 0 Å². The highest BCUT2D eigenvalue weighted by atomic mass is 32.2. The molecule has 0 heterocycles. The van der Waals surface area contributed by atoms with Crippen molar-refractivity contribution in [3.8, 4) is 5.75 Å². The van der Waals surface area contributed by atoms with E-state index in [1.165, 1.54) is 12.1 Å². The van der Waals surface area contributed by atoms with Gasteiger partial charge in [-0.3, -0.25) is 0 Å². The summed E-state index contributed by atoms with van der Waals surface area (Å²) in [6.07, 6.45) is 0. The molecule has 0 aliphatic rings. The van der Waals surface area contributed by atoms with Crippen LogP contribution in [0.15, 0.2) is 76.7 Å². The predicted molar refractivity (Wildman–Crippen MR) is 94.6 cm³/mol. The Morgan fingerprint density at radius 1 is 0.958 bits per heavy atom. The number of sulfonamides is 1. The molecular formula is C18H16N2O3S. The minimum absolute atomic E-state index is 0.0967.